The van der Waals surface area contributed by atoms with Gasteiger partial charge in [-0.2, -0.15) is 0 Å². The minimum Gasteiger partial charge on any atom is -0.454 e. The summed E-state index contributed by atoms with van der Waals surface area (Å²) in [6.07, 6.45) is 0. The number of amides is 1. The summed E-state index contributed by atoms with van der Waals surface area (Å²) < 4.78 is 41.3. The molecule has 1 atom stereocenters. The molecule has 1 heterocycles. The minimum atomic E-state index is -3.63. The Morgan fingerprint density at radius 3 is 2.75 bits per heavy atom. The molecule has 0 bridgehead atoms. The molecule has 0 saturated carbocycles. The van der Waals surface area contributed by atoms with E-state index in [9.17, 15) is 13.2 Å². The van der Waals surface area contributed by atoms with Gasteiger partial charge >= 0.3 is 0 Å². The third-order valence-electron chi connectivity index (χ3n) is 3.46. The van der Waals surface area contributed by atoms with Crippen LogP contribution in [0.2, 0.25) is 0 Å². The van der Waals surface area contributed by atoms with E-state index in [1.807, 2.05) is 0 Å². The van der Waals surface area contributed by atoms with Crippen LogP contribution >= 0.6 is 0 Å². The summed E-state index contributed by atoms with van der Waals surface area (Å²) in [5.41, 5.74) is 0.357. The van der Waals surface area contributed by atoms with Crippen LogP contribution < -0.4 is 19.1 Å². The van der Waals surface area contributed by atoms with Gasteiger partial charge in [0.25, 0.3) is 0 Å². The quantitative estimate of drug-likeness (QED) is 0.736. The molecule has 9 heteroatoms. The Bertz CT molecular complexity index is 691. The maximum atomic E-state index is 12.4. The van der Waals surface area contributed by atoms with Gasteiger partial charge < -0.3 is 19.5 Å². The molecule has 134 valence electrons. The summed E-state index contributed by atoms with van der Waals surface area (Å²) in [6.45, 7) is 3.43. The largest absolute Gasteiger partial charge is 0.454 e. The average Bonchev–Trinajstić information content (AvgIpc) is 3.00. The standard InChI is InChI=1S/C15H22N2O6S/c1-4-24(19,20)17(8-15(18)16-11(2)9-21-3)12-5-6-13-14(7-12)23-10-22-13/h5-7,11H,4,8-10H2,1-3H3,(H,16,18)/t11-/m1/s1. The molecule has 0 unspecified atom stereocenters. The number of carbonyl (C=O) groups is 1. The van der Waals surface area contributed by atoms with Crippen LogP contribution in [-0.2, 0) is 19.6 Å². The van der Waals surface area contributed by atoms with Gasteiger partial charge in [0, 0.05) is 19.2 Å². The number of nitrogens with zero attached hydrogens (tertiary/aromatic N) is 1. The Labute approximate surface area is 141 Å². The molecule has 24 heavy (non-hydrogen) atoms. The molecule has 2 rings (SSSR count). The van der Waals surface area contributed by atoms with Crippen molar-refractivity contribution in [2.75, 3.05) is 37.1 Å². The fourth-order valence-electron chi connectivity index (χ4n) is 2.29. The SMILES string of the molecule is CCS(=O)(=O)N(CC(=O)N[C@H](C)COC)c1ccc2c(c1)OCO2. The van der Waals surface area contributed by atoms with E-state index in [1.54, 1.807) is 25.1 Å². The zero-order valence-corrected chi connectivity index (χ0v) is 14.8. The van der Waals surface area contributed by atoms with Gasteiger partial charge in [-0.25, -0.2) is 8.42 Å². The number of benzene rings is 1. The first-order valence-corrected chi connectivity index (χ1v) is 9.16. The molecule has 0 aromatic heterocycles. The second-order valence-electron chi connectivity index (χ2n) is 5.37. The van der Waals surface area contributed by atoms with Crippen molar-refractivity contribution in [3.63, 3.8) is 0 Å². The highest BCUT2D eigenvalue weighted by Gasteiger charge is 2.26. The fraction of sp³-hybridized carbons (Fsp3) is 0.533. The Morgan fingerprint density at radius 2 is 2.08 bits per heavy atom. The normalized spacial score (nSPS) is 14.3. The smallest absolute Gasteiger partial charge is 0.241 e. The Kier molecular flexibility index (Phi) is 5.89. The first-order valence-electron chi connectivity index (χ1n) is 7.55. The molecule has 1 aliphatic heterocycles. The highest BCUT2D eigenvalue weighted by atomic mass is 32.2. The van der Waals surface area contributed by atoms with E-state index in [-0.39, 0.29) is 25.1 Å². The highest BCUT2D eigenvalue weighted by Crippen LogP contribution is 2.36. The van der Waals surface area contributed by atoms with Crippen molar-refractivity contribution in [1.29, 1.82) is 0 Å². The molecule has 0 fully saturated rings. The Morgan fingerprint density at radius 1 is 1.38 bits per heavy atom. The maximum absolute atomic E-state index is 12.4. The van der Waals surface area contributed by atoms with E-state index >= 15 is 0 Å². The lowest BCUT2D eigenvalue weighted by molar-refractivity contribution is -0.120. The van der Waals surface area contributed by atoms with Crippen LogP contribution in [0.4, 0.5) is 5.69 Å². The van der Waals surface area contributed by atoms with Gasteiger partial charge in [0.05, 0.1) is 18.0 Å². The zero-order chi connectivity index (χ0) is 17.7. The second kappa shape index (κ2) is 7.71. The number of carbonyl (C=O) groups excluding carboxylic acids is 1. The number of sulfonamides is 1. The lowest BCUT2D eigenvalue weighted by Gasteiger charge is -2.24. The van der Waals surface area contributed by atoms with Crippen LogP contribution in [0.3, 0.4) is 0 Å². The van der Waals surface area contributed by atoms with E-state index in [4.69, 9.17) is 14.2 Å². The Hall–Kier alpha value is -2.00. The number of ether oxygens (including phenoxy) is 3. The lowest BCUT2D eigenvalue weighted by Crippen LogP contribution is -2.45. The molecule has 1 aromatic rings. The molecule has 0 spiro atoms. The van der Waals surface area contributed by atoms with Gasteiger partial charge in [0.1, 0.15) is 6.54 Å². The van der Waals surface area contributed by atoms with Gasteiger partial charge in [0.15, 0.2) is 11.5 Å². The molecule has 0 saturated heterocycles. The van der Waals surface area contributed by atoms with E-state index in [0.717, 1.165) is 4.31 Å². The molecular weight excluding hydrogens is 336 g/mol. The third kappa shape index (κ3) is 4.30. The van der Waals surface area contributed by atoms with Crippen molar-refractivity contribution in [2.24, 2.45) is 0 Å². The third-order valence-corrected chi connectivity index (χ3v) is 5.20. The monoisotopic (exact) mass is 358 g/mol. The molecule has 0 radical (unpaired) electrons. The molecular formula is C15H22N2O6S. The average molecular weight is 358 g/mol. The van der Waals surface area contributed by atoms with Crippen LogP contribution in [0.25, 0.3) is 0 Å². The van der Waals surface area contributed by atoms with E-state index in [2.05, 4.69) is 5.32 Å². The number of methoxy groups -OCH3 is 1. The van der Waals surface area contributed by atoms with E-state index < -0.39 is 15.9 Å². The maximum Gasteiger partial charge on any atom is 0.241 e. The number of rotatable bonds is 8. The van der Waals surface area contributed by atoms with Gasteiger partial charge in [-0.15, -0.1) is 0 Å². The number of hydrogen-bond donors (Lipinski definition) is 1. The minimum absolute atomic E-state index is 0.0916. The summed E-state index contributed by atoms with van der Waals surface area (Å²) in [4.78, 5) is 12.2. The number of hydrogen-bond acceptors (Lipinski definition) is 6. The van der Waals surface area contributed by atoms with Gasteiger partial charge in [-0.05, 0) is 26.0 Å². The van der Waals surface area contributed by atoms with Crippen LogP contribution in [0.1, 0.15) is 13.8 Å². The van der Waals surface area contributed by atoms with Gasteiger partial charge in [0.2, 0.25) is 22.7 Å². The number of nitrogens with one attached hydrogen (secondary N) is 1. The van der Waals surface area contributed by atoms with Crippen molar-refractivity contribution in [1.82, 2.24) is 5.32 Å². The highest BCUT2D eigenvalue weighted by molar-refractivity contribution is 7.92. The molecule has 1 N–H and O–H groups in total. The zero-order valence-electron chi connectivity index (χ0n) is 13.9. The summed E-state index contributed by atoms with van der Waals surface area (Å²) in [5.74, 6) is 0.472. The predicted octanol–water partition coefficient (Wildman–Crippen LogP) is 0.722. The number of fused-ring (bicyclic) bond motifs is 1. The molecule has 0 aliphatic carbocycles. The summed E-state index contributed by atoms with van der Waals surface area (Å²) in [6, 6.07) is 4.56. The number of anilines is 1. The molecule has 1 amide bonds. The Balaban J connectivity index is 2.21. The molecule has 8 nitrogen and oxygen atoms in total. The topological polar surface area (TPSA) is 94.2 Å². The van der Waals surface area contributed by atoms with Crippen molar-refractivity contribution < 1.29 is 27.4 Å². The van der Waals surface area contributed by atoms with Crippen LogP contribution in [-0.4, -0.2) is 53.2 Å². The summed E-state index contributed by atoms with van der Waals surface area (Å²) >= 11 is 0. The van der Waals surface area contributed by atoms with Crippen molar-refractivity contribution in [2.45, 2.75) is 19.9 Å². The van der Waals surface area contributed by atoms with Crippen LogP contribution in [0, 0.1) is 0 Å². The fourth-order valence-corrected chi connectivity index (χ4v) is 3.35. The van der Waals surface area contributed by atoms with E-state index in [0.29, 0.717) is 23.8 Å². The molecule has 1 aromatic carbocycles. The van der Waals surface area contributed by atoms with E-state index in [1.165, 1.54) is 14.0 Å². The van der Waals surface area contributed by atoms with Crippen LogP contribution in [0.5, 0.6) is 11.5 Å². The molecule has 1 aliphatic rings. The first kappa shape index (κ1) is 18.3. The second-order valence-corrected chi connectivity index (χ2v) is 7.55. The van der Waals surface area contributed by atoms with Crippen molar-refractivity contribution in [3.05, 3.63) is 18.2 Å². The first-order chi connectivity index (χ1) is 11.4. The van der Waals surface area contributed by atoms with Crippen molar-refractivity contribution >= 4 is 21.6 Å². The van der Waals surface area contributed by atoms with Gasteiger partial charge in [-0.3, -0.25) is 9.10 Å². The predicted molar refractivity (Wildman–Crippen MR) is 88.9 cm³/mol. The van der Waals surface area contributed by atoms with Crippen LogP contribution in [0.15, 0.2) is 18.2 Å². The van der Waals surface area contributed by atoms with Gasteiger partial charge in [-0.1, -0.05) is 0 Å². The summed E-state index contributed by atoms with van der Waals surface area (Å²) in [5, 5.41) is 2.70. The lowest BCUT2D eigenvalue weighted by atomic mass is 10.2. The van der Waals surface area contributed by atoms with Crippen molar-refractivity contribution in [3.8, 4) is 11.5 Å². The summed E-state index contributed by atoms with van der Waals surface area (Å²) in [7, 11) is -2.10.